The van der Waals surface area contributed by atoms with Crippen LogP contribution in [-0.4, -0.2) is 61.9 Å². The highest BCUT2D eigenvalue weighted by Gasteiger charge is 2.23. The van der Waals surface area contributed by atoms with Gasteiger partial charge in [-0.1, -0.05) is 42.8 Å². The smallest absolute Gasteiger partial charge is 0.251 e. The molecule has 0 fully saturated rings. The summed E-state index contributed by atoms with van der Waals surface area (Å²) in [5.41, 5.74) is 5.03. The second-order valence-corrected chi connectivity index (χ2v) is 10.4. The lowest BCUT2D eigenvalue weighted by Gasteiger charge is -2.25. The number of rotatable bonds is 15. The van der Waals surface area contributed by atoms with Crippen LogP contribution in [0.1, 0.15) is 45.1 Å². The number of hydrogen-bond acceptors (Lipinski definition) is 5. The largest absolute Gasteiger partial charge is 0.390 e. The van der Waals surface area contributed by atoms with Crippen molar-refractivity contribution in [2.24, 2.45) is 0 Å². The van der Waals surface area contributed by atoms with E-state index in [1.807, 2.05) is 38.2 Å². The standard InChI is InChI=1S/C32H41F2N3O3.2ClH/c1-5-23-7-6-8-24(13-23)19-35-20-31(38)30(17-25-15-28(33)18-29(34)16-25)36-32(39)27-12-22(2)11-26(14-27)21-37(3)9-10-40-4;;/h6-8,11-16,18,30-31,35,38H,5,9-10,17,19-21H2,1-4H3,(H,36,39);2*1H/t30-,31+;;/m0../s1. The Labute approximate surface area is 260 Å². The highest BCUT2D eigenvalue weighted by Crippen LogP contribution is 2.15. The van der Waals surface area contributed by atoms with Crippen molar-refractivity contribution in [3.8, 4) is 0 Å². The zero-order valence-electron chi connectivity index (χ0n) is 24.7. The average Bonchev–Trinajstić information content (AvgIpc) is 2.90. The van der Waals surface area contributed by atoms with Crippen molar-refractivity contribution >= 4 is 30.7 Å². The highest BCUT2D eigenvalue weighted by atomic mass is 35.5. The van der Waals surface area contributed by atoms with E-state index >= 15 is 0 Å². The fraction of sp³-hybridized carbons (Fsp3) is 0.406. The van der Waals surface area contributed by atoms with Crippen LogP contribution in [0.3, 0.4) is 0 Å². The van der Waals surface area contributed by atoms with E-state index in [-0.39, 0.29) is 43.7 Å². The zero-order valence-corrected chi connectivity index (χ0v) is 26.3. The van der Waals surface area contributed by atoms with Crippen molar-refractivity contribution in [3.05, 3.63) is 106 Å². The Morgan fingerprint density at radius 1 is 0.976 bits per heavy atom. The van der Waals surface area contributed by atoms with Gasteiger partial charge in [0.25, 0.3) is 5.91 Å². The topological polar surface area (TPSA) is 73.8 Å². The second kappa shape index (κ2) is 18.8. The van der Waals surface area contributed by atoms with E-state index < -0.39 is 23.8 Å². The molecule has 3 aromatic rings. The number of halogens is 4. The predicted octanol–water partition coefficient (Wildman–Crippen LogP) is 5.25. The van der Waals surface area contributed by atoms with Crippen molar-refractivity contribution in [1.29, 1.82) is 0 Å². The minimum Gasteiger partial charge on any atom is -0.390 e. The summed E-state index contributed by atoms with van der Waals surface area (Å²) in [6.45, 7) is 6.74. The fourth-order valence-electron chi connectivity index (χ4n) is 4.71. The van der Waals surface area contributed by atoms with E-state index in [9.17, 15) is 18.7 Å². The first kappa shape index (κ1) is 37.4. The molecule has 0 saturated carbocycles. The molecule has 0 aromatic heterocycles. The summed E-state index contributed by atoms with van der Waals surface area (Å²) in [6.07, 6.45) is -0.0135. The summed E-state index contributed by atoms with van der Waals surface area (Å²) in [6, 6.07) is 16.3. The molecule has 6 nitrogen and oxygen atoms in total. The lowest BCUT2D eigenvalue weighted by Crippen LogP contribution is -2.48. The minimum absolute atomic E-state index is 0. The maximum Gasteiger partial charge on any atom is 0.251 e. The van der Waals surface area contributed by atoms with Gasteiger partial charge in [0.1, 0.15) is 11.6 Å². The molecule has 3 aromatic carbocycles. The van der Waals surface area contributed by atoms with Gasteiger partial charge in [-0.05, 0) is 73.3 Å². The molecule has 1 amide bonds. The SMILES string of the molecule is CCc1cccc(CNC[C@@H](O)[C@H](Cc2cc(F)cc(F)c2)NC(=O)c2cc(C)cc(CN(C)CCOC)c2)c1.Cl.Cl. The Balaban J connectivity index is 0.00000441. The van der Waals surface area contributed by atoms with Gasteiger partial charge in [-0.2, -0.15) is 0 Å². The number of likely N-dealkylation sites (N-methyl/N-ethyl adjacent to an activating group) is 1. The van der Waals surface area contributed by atoms with E-state index in [2.05, 4.69) is 34.6 Å². The molecule has 3 N–H and O–H groups in total. The van der Waals surface area contributed by atoms with Gasteiger partial charge in [0.2, 0.25) is 0 Å². The highest BCUT2D eigenvalue weighted by molar-refractivity contribution is 5.94. The number of aliphatic hydroxyl groups is 1. The maximum atomic E-state index is 13.9. The fourth-order valence-corrected chi connectivity index (χ4v) is 4.71. The van der Waals surface area contributed by atoms with E-state index in [0.717, 1.165) is 35.7 Å². The van der Waals surface area contributed by atoms with Gasteiger partial charge >= 0.3 is 0 Å². The van der Waals surface area contributed by atoms with Crippen LogP contribution in [0.4, 0.5) is 8.78 Å². The van der Waals surface area contributed by atoms with E-state index in [1.54, 1.807) is 13.2 Å². The van der Waals surface area contributed by atoms with Crippen molar-refractivity contribution in [2.45, 2.75) is 51.9 Å². The van der Waals surface area contributed by atoms with Crippen LogP contribution in [-0.2, 0) is 30.7 Å². The summed E-state index contributed by atoms with van der Waals surface area (Å²) in [5.74, 6) is -1.77. The lowest BCUT2D eigenvalue weighted by atomic mass is 9.99. The van der Waals surface area contributed by atoms with Gasteiger partial charge in [-0.3, -0.25) is 9.69 Å². The molecule has 42 heavy (non-hydrogen) atoms. The summed E-state index contributed by atoms with van der Waals surface area (Å²) >= 11 is 0. The molecule has 0 unspecified atom stereocenters. The van der Waals surface area contributed by atoms with Gasteiger partial charge in [-0.25, -0.2) is 8.78 Å². The number of methoxy groups -OCH3 is 1. The Hall–Kier alpha value is -2.59. The molecule has 0 bridgehead atoms. The number of benzene rings is 3. The summed E-state index contributed by atoms with van der Waals surface area (Å²) < 4.78 is 33.0. The molecule has 0 spiro atoms. The molecule has 0 radical (unpaired) electrons. The van der Waals surface area contributed by atoms with Crippen molar-refractivity contribution in [1.82, 2.24) is 15.5 Å². The van der Waals surface area contributed by atoms with Crippen LogP contribution in [0.25, 0.3) is 0 Å². The number of hydrogen-bond donors (Lipinski definition) is 3. The molecular formula is C32H43Cl2F2N3O3. The van der Waals surface area contributed by atoms with Gasteiger partial charge in [0.15, 0.2) is 0 Å². The number of ether oxygens (including phenoxy) is 1. The van der Waals surface area contributed by atoms with Gasteiger partial charge in [0.05, 0.1) is 18.8 Å². The number of aryl methyl sites for hydroxylation is 2. The Bertz CT molecular complexity index is 1250. The molecule has 232 valence electrons. The van der Waals surface area contributed by atoms with Gasteiger partial charge in [0, 0.05) is 44.9 Å². The summed E-state index contributed by atoms with van der Waals surface area (Å²) in [7, 11) is 3.64. The van der Waals surface area contributed by atoms with E-state index in [0.29, 0.717) is 30.8 Å². The number of carbonyl (C=O) groups is 1. The normalized spacial score (nSPS) is 12.3. The molecule has 0 aliphatic carbocycles. The van der Waals surface area contributed by atoms with Crippen LogP contribution in [0.15, 0.2) is 60.7 Å². The summed E-state index contributed by atoms with van der Waals surface area (Å²) in [5, 5.41) is 17.3. The molecular weight excluding hydrogens is 583 g/mol. The number of nitrogens with one attached hydrogen (secondary N) is 2. The molecule has 0 heterocycles. The van der Waals surface area contributed by atoms with Crippen LogP contribution >= 0.6 is 24.8 Å². The first-order valence-electron chi connectivity index (χ1n) is 13.7. The molecule has 2 atom stereocenters. The van der Waals surface area contributed by atoms with Crippen LogP contribution < -0.4 is 10.6 Å². The first-order valence-corrected chi connectivity index (χ1v) is 13.7. The quantitative estimate of drug-likeness (QED) is 0.215. The van der Waals surface area contributed by atoms with Crippen molar-refractivity contribution in [3.63, 3.8) is 0 Å². The Kier molecular flexibility index (Phi) is 16.8. The molecule has 0 aliphatic heterocycles. The monoisotopic (exact) mass is 625 g/mol. The minimum atomic E-state index is -1.01. The Morgan fingerprint density at radius 3 is 2.33 bits per heavy atom. The van der Waals surface area contributed by atoms with Crippen LogP contribution in [0, 0.1) is 18.6 Å². The number of nitrogens with zero attached hydrogens (tertiary/aromatic N) is 1. The van der Waals surface area contributed by atoms with Crippen molar-refractivity contribution in [2.75, 3.05) is 33.9 Å². The molecule has 10 heteroatoms. The first-order chi connectivity index (χ1) is 19.2. The molecule has 0 aliphatic rings. The zero-order chi connectivity index (χ0) is 29.1. The van der Waals surface area contributed by atoms with E-state index in [1.165, 1.54) is 17.7 Å². The predicted molar refractivity (Wildman–Crippen MR) is 169 cm³/mol. The molecule has 3 rings (SSSR count). The maximum absolute atomic E-state index is 13.9. The van der Waals surface area contributed by atoms with E-state index in [4.69, 9.17) is 4.74 Å². The van der Waals surface area contributed by atoms with Gasteiger partial charge < -0.3 is 20.5 Å². The number of carbonyl (C=O) groups excluding carboxylic acids is 1. The van der Waals surface area contributed by atoms with Crippen LogP contribution in [0.5, 0.6) is 0 Å². The lowest BCUT2D eigenvalue weighted by molar-refractivity contribution is 0.0829. The van der Waals surface area contributed by atoms with Crippen molar-refractivity contribution < 1.29 is 23.4 Å². The Morgan fingerprint density at radius 2 is 1.67 bits per heavy atom. The third-order valence-corrected chi connectivity index (χ3v) is 6.77. The number of aliphatic hydroxyl groups excluding tert-OH is 1. The average molecular weight is 627 g/mol. The molecule has 0 saturated heterocycles. The van der Waals surface area contributed by atoms with Gasteiger partial charge in [-0.15, -0.1) is 24.8 Å². The number of amides is 1. The third-order valence-electron chi connectivity index (χ3n) is 6.77. The third kappa shape index (κ3) is 12.3. The second-order valence-electron chi connectivity index (χ2n) is 10.4. The summed E-state index contributed by atoms with van der Waals surface area (Å²) in [4.78, 5) is 15.5. The van der Waals surface area contributed by atoms with Crippen LogP contribution in [0.2, 0.25) is 0 Å².